The summed E-state index contributed by atoms with van der Waals surface area (Å²) in [5.41, 5.74) is 8.93. The fourth-order valence-electron chi connectivity index (χ4n) is 3.40. The molecular formula is C17H22N4O11. The predicted octanol–water partition coefficient (Wildman–Crippen LogP) is -4.87. The Labute approximate surface area is 178 Å². The van der Waals surface area contributed by atoms with Gasteiger partial charge in [0.1, 0.15) is 30.5 Å². The van der Waals surface area contributed by atoms with Crippen LogP contribution in [-0.2, 0) is 28.5 Å². The number of carbonyl (C=O) groups is 2. The summed E-state index contributed by atoms with van der Waals surface area (Å²) in [7, 11) is 1.18. The van der Waals surface area contributed by atoms with Crippen molar-refractivity contribution in [2.24, 2.45) is 11.5 Å². The lowest BCUT2D eigenvalue weighted by molar-refractivity contribution is -0.241. The van der Waals surface area contributed by atoms with Crippen LogP contribution in [0.25, 0.3) is 0 Å². The zero-order chi connectivity index (χ0) is 23.7. The minimum atomic E-state index is -1.77. The van der Waals surface area contributed by atoms with Gasteiger partial charge in [0, 0.05) is 19.4 Å². The zero-order valence-corrected chi connectivity index (χ0v) is 16.6. The molecule has 8 N–H and O–H groups in total. The molecule has 3 rings (SSSR count). The van der Waals surface area contributed by atoms with Gasteiger partial charge in [-0.05, 0) is 6.08 Å². The number of primary amides is 2. The SMILES string of the molecule is COC1C(O)[C@H](n2ccc(=O)[nH]c2=O)O[C@@H]1C(O[C@H]1OC(C(N)=O)=CC(O)C1O)C(N)=O. The minimum Gasteiger partial charge on any atom is -0.456 e. The van der Waals surface area contributed by atoms with E-state index in [4.69, 9.17) is 30.4 Å². The van der Waals surface area contributed by atoms with Crippen LogP contribution in [0.15, 0.2) is 33.7 Å². The van der Waals surface area contributed by atoms with Crippen molar-refractivity contribution < 1.29 is 43.9 Å². The van der Waals surface area contributed by atoms with Crippen molar-refractivity contribution in [2.45, 2.75) is 49.1 Å². The molecule has 176 valence electrons. The molecule has 15 nitrogen and oxygen atoms in total. The average Bonchev–Trinajstić information content (AvgIpc) is 3.04. The van der Waals surface area contributed by atoms with E-state index in [0.29, 0.717) is 0 Å². The Hall–Kier alpha value is -3.08. The molecule has 3 heterocycles. The fraction of sp³-hybridized carbons (Fsp3) is 0.529. The topological polar surface area (TPSA) is 239 Å². The Morgan fingerprint density at radius 1 is 1.22 bits per heavy atom. The highest BCUT2D eigenvalue weighted by atomic mass is 16.7. The van der Waals surface area contributed by atoms with Crippen LogP contribution in [-0.4, -0.2) is 86.7 Å². The van der Waals surface area contributed by atoms with E-state index in [-0.39, 0.29) is 0 Å². The van der Waals surface area contributed by atoms with E-state index in [2.05, 4.69) is 0 Å². The monoisotopic (exact) mass is 458 g/mol. The van der Waals surface area contributed by atoms with Crippen molar-refractivity contribution in [3.8, 4) is 0 Å². The van der Waals surface area contributed by atoms with E-state index in [0.717, 1.165) is 22.9 Å². The van der Waals surface area contributed by atoms with Gasteiger partial charge in [-0.2, -0.15) is 0 Å². The Bertz CT molecular complexity index is 1020. The maximum atomic E-state index is 12.1. The molecule has 5 unspecified atom stereocenters. The number of H-pyrrole nitrogens is 1. The van der Waals surface area contributed by atoms with Crippen molar-refractivity contribution in [1.29, 1.82) is 0 Å². The summed E-state index contributed by atoms with van der Waals surface area (Å²) in [6.45, 7) is 0. The molecule has 1 fully saturated rings. The normalized spacial score (nSPS) is 33.2. The molecule has 0 spiro atoms. The van der Waals surface area contributed by atoms with E-state index in [1.165, 1.54) is 7.11 Å². The molecule has 0 aliphatic carbocycles. The maximum absolute atomic E-state index is 12.1. The summed E-state index contributed by atoms with van der Waals surface area (Å²) < 4.78 is 22.2. The van der Waals surface area contributed by atoms with Crippen LogP contribution >= 0.6 is 0 Å². The lowest BCUT2D eigenvalue weighted by Gasteiger charge is -2.34. The number of aromatic nitrogens is 2. The third kappa shape index (κ3) is 4.43. The third-order valence-corrected chi connectivity index (χ3v) is 4.94. The molecule has 0 radical (unpaired) electrons. The fourth-order valence-corrected chi connectivity index (χ4v) is 3.40. The Kier molecular flexibility index (Phi) is 6.77. The first-order valence-corrected chi connectivity index (χ1v) is 9.22. The van der Waals surface area contributed by atoms with Gasteiger partial charge in [0.2, 0.25) is 12.2 Å². The van der Waals surface area contributed by atoms with Crippen LogP contribution in [0.5, 0.6) is 0 Å². The Balaban J connectivity index is 1.89. The second-order valence-corrected chi connectivity index (χ2v) is 7.02. The first kappa shape index (κ1) is 23.6. The summed E-state index contributed by atoms with van der Waals surface area (Å²) in [5.74, 6) is -2.73. The number of rotatable bonds is 7. The highest BCUT2D eigenvalue weighted by Crippen LogP contribution is 2.34. The number of aliphatic hydroxyl groups is 3. The molecule has 1 aromatic rings. The molecule has 32 heavy (non-hydrogen) atoms. The van der Waals surface area contributed by atoms with Crippen LogP contribution < -0.4 is 22.7 Å². The van der Waals surface area contributed by atoms with Crippen molar-refractivity contribution in [1.82, 2.24) is 9.55 Å². The van der Waals surface area contributed by atoms with Gasteiger partial charge in [0.25, 0.3) is 11.5 Å². The minimum absolute atomic E-state index is 0.524. The Morgan fingerprint density at radius 2 is 1.91 bits per heavy atom. The standard InChI is InChI=1S/C17H22N4O11/c1-29-10-9(25)15(21-3-2-7(23)20-17(21)28)31-11(10)12(14(19)27)32-16-8(24)5(22)4-6(30-16)13(18)26/h2-5,8-12,15-16,22,24-25H,1H3,(H2,18,26)(H2,19,27)(H,20,23,28)/t5?,8?,9?,10?,11-,12?,15+,16+/m0/s1. The van der Waals surface area contributed by atoms with Crippen molar-refractivity contribution in [3.63, 3.8) is 0 Å². The van der Waals surface area contributed by atoms with Crippen LogP contribution in [0.1, 0.15) is 6.23 Å². The number of amides is 2. The van der Waals surface area contributed by atoms with Gasteiger partial charge in [0.15, 0.2) is 18.1 Å². The molecule has 1 aromatic heterocycles. The van der Waals surface area contributed by atoms with E-state index in [1.807, 2.05) is 4.98 Å². The van der Waals surface area contributed by atoms with Gasteiger partial charge in [0.05, 0.1) is 0 Å². The van der Waals surface area contributed by atoms with Crippen molar-refractivity contribution >= 4 is 11.8 Å². The highest BCUT2D eigenvalue weighted by molar-refractivity contribution is 5.90. The molecule has 1 saturated heterocycles. The van der Waals surface area contributed by atoms with Crippen LogP contribution in [0.3, 0.4) is 0 Å². The molecule has 0 bridgehead atoms. The second-order valence-electron chi connectivity index (χ2n) is 7.02. The number of hydrogen-bond acceptors (Lipinski definition) is 11. The largest absolute Gasteiger partial charge is 0.456 e. The van der Waals surface area contributed by atoms with Gasteiger partial charge >= 0.3 is 5.69 Å². The lowest BCUT2D eigenvalue weighted by Crippen LogP contribution is -2.53. The number of nitrogens with zero attached hydrogens (tertiary/aromatic N) is 1. The Morgan fingerprint density at radius 3 is 2.47 bits per heavy atom. The molecule has 0 saturated carbocycles. The number of ether oxygens (including phenoxy) is 4. The zero-order valence-electron chi connectivity index (χ0n) is 16.6. The van der Waals surface area contributed by atoms with Gasteiger partial charge in [-0.15, -0.1) is 0 Å². The van der Waals surface area contributed by atoms with Gasteiger partial charge in [-0.3, -0.25) is 23.9 Å². The second kappa shape index (κ2) is 9.19. The summed E-state index contributed by atoms with van der Waals surface area (Å²) in [6, 6.07) is 1.01. The molecule has 8 atom stereocenters. The van der Waals surface area contributed by atoms with E-state index in [1.54, 1.807) is 0 Å². The quantitative estimate of drug-likeness (QED) is 0.226. The van der Waals surface area contributed by atoms with E-state index in [9.17, 15) is 34.5 Å². The smallest absolute Gasteiger partial charge is 0.330 e. The summed E-state index contributed by atoms with van der Waals surface area (Å²) in [6.07, 6.45) is -10.6. The number of hydrogen-bond donors (Lipinski definition) is 6. The summed E-state index contributed by atoms with van der Waals surface area (Å²) in [5, 5.41) is 30.6. The predicted molar refractivity (Wildman–Crippen MR) is 100 cm³/mol. The first-order chi connectivity index (χ1) is 15.0. The number of aromatic amines is 1. The third-order valence-electron chi connectivity index (χ3n) is 4.94. The maximum Gasteiger partial charge on any atom is 0.330 e. The molecule has 0 aromatic carbocycles. The molecule has 2 aliphatic heterocycles. The highest BCUT2D eigenvalue weighted by Gasteiger charge is 2.52. The number of methoxy groups -OCH3 is 1. The van der Waals surface area contributed by atoms with Gasteiger partial charge in [-0.1, -0.05) is 0 Å². The number of carbonyl (C=O) groups excluding carboxylic acids is 2. The van der Waals surface area contributed by atoms with Crippen LogP contribution in [0.2, 0.25) is 0 Å². The molecule has 15 heteroatoms. The lowest BCUT2D eigenvalue weighted by atomic mass is 10.0. The van der Waals surface area contributed by atoms with Crippen molar-refractivity contribution in [3.05, 3.63) is 44.9 Å². The number of nitrogens with one attached hydrogen (secondary N) is 1. The van der Waals surface area contributed by atoms with E-state index < -0.39 is 78.0 Å². The number of aliphatic hydroxyl groups excluding tert-OH is 3. The average molecular weight is 458 g/mol. The van der Waals surface area contributed by atoms with Gasteiger partial charge in [-0.25, -0.2) is 4.79 Å². The van der Waals surface area contributed by atoms with Crippen molar-refractivity contribution in [2.75, 3.05) is 7.11 Å². The molecule has 2 amide bonds. The first-order valence-electron chi connectivity index (χ1n) is 9.22. The summed E-state index contributed by atoms with van der Waals surface area (Å²) >= 11 is 0. The summed E-state index contributed by atoms with van der Waals surface area (Å²) in [4.78, 5) is 48.9. The molecular weight excluding hydrogens is 436 g/mol. The van der Waals surface area contributed by atoms with Crippen LogP contribution in [0.4, 0.5) is 0 Å². The molecule has 2 aliphatic rings. The van der Waals surface area contributed by atoms with E-state index >= 15 is 0 Å². The number of nitrogens with two attached hydrogens (primary N) is 2. The van der Waals surface area contributed by atoms with Gasteiger partial charge < -0.3 is 45.7 Å². The van der Waals surface area contributed by atoms with Crippen LogP contribution in [0, 0.1) is 0 Å².